The summed E-state index contributed by atoms with van der Waals surface area (Å²) in [5, 5.41) is 2.86. The third kappa shape index (κ3) is 5.99. The molecule has 2 aromatic carbocycles. The normalized spacial score (nSPS) is 20.7. The molecule has 2 atom stereocenters. The summed E-state index contributed by atoms with van der Waals surface area (Å²) in [5.74, 6) is -1.64. The lowest BCUT2D eigenvalue weighted by atomic mass is 9.75. The Labute approximate surface area is 222 Å². The summed E-state index contributed by atoms with van der Waals surface area (Å²) in [5.41, 5.74) is 0.755. The third-order valence-electron chi connectivity index (χ3n) is 6.98. The highest BCUT2D eigenvalue weighted by Crippen LogP contribution is 2.38. The second kappa shape index (κ2) is 11.1. The highest BCUT2D eigenvalue weighted by Gasteiger charge is 2.48. The number of benzene rings is 2. The van der Waals surface area contributed by atoms with Gasteiger partial charge < -0.3 is 24.4 Å². The molecular weight excluding hydrogens is 491 g/mol. The largest absolute Gasteiger partial charge is 0.466 e. The molecule has 2 aliphatic heterocycles. The van der Waals surface area contributed by atoms with Crippen molar-refractivity contribution in [2.24, 2.45) is 5.92 Å². The van der Waals surface area contributed by atoms with E-state index in [0.29, 0.717) is 18.7 Å². The molecule has 8 nitrogen and oxygen atoms in total. The van der Waals surface area contributed by atoms with Crippen LogP contribution in [0.25, 0.3) is 0 Å². The minimum Gasteiger partial charge on any atom is -0.466 e. The van der Waals surface area contributed by atoms with Crippen molar-refractivity contribution in [2.45, 2.75) is 51.0 Å². The minimum atomic E-state index is -0.854. The van der Waals surface area contributed by atoms with E-state index in [1.54, 1.807) is 11.8 Å². The number of ether oxygens (including phenoxy) is 3. The Balaban J connectivity index is 1.51. The Morgan fingerprint density at radius 2 is 1.74 bits per heavy atom. The van der Waals surface area contributed by atoms with Crippen LogP contribution in [0.4, 0.5) is 14.9 Å². The van der Waals surface area contributed by atoms with Crippen LogP contribution in [-0.4, -0.2) is 61.4 Å². The first kappa shape index (κ1) is 27.6. The van der Waals surface area contributed by atoms with E-state index in [9.17, 15) is 18.8 Å². The van der Waals surface area contributed by atoms with Gasteiger partial charge in [-0.25, -0.2) is 9.18 Å². The summed E-state index contributed by atoms with van der Waals surface area (Å²) in [6, 6.07) is 13.3. The maximum Gasteiger partial charge on any atom is 0.410 e. The van der Waals surface area contributed by atoms with Gasteiger partial charge in [0.1, 0.15) is 16.8 Å². The number of carbonyl (C=O) groups excluding carboxylic acids is 3. The van der Waals surface area contributed by atoms with Gasteiger partial charge in [0.15, 0.2) is 0 Å². The quantitative estimate of drug-likeness (QED) is 0.552. The molecular formula is C29H35FN2O6. The second-order valence-corrected chi connectivity index (χ2v) is 10.8. The molecule has 9 heteroatoms. The number of nitrogens with zero attached hydrogens (tertiary/aromatic N) is 1. The molecule has 0 aromatic heterocycles. The fourth-order valence-electron chi connectivity index (χ4n) is 4.90. The Bertz CT molecular complexity index is 1160. The van der Waals surface area contributed by atoms with Crippen molar-refractivity contribution in [3.8, 4) is 0 Å². The van der Waals surface area contributed by atoms with Gasteiger partial charge in [-0.15, -0.1) is 0 Å². The molecule has 2 unspecified atom stereocenters. The van der Waals surface area contributed by atoms with E-state index in [-0.39, 0.29) is 50.0 Å². The van der Waals surface area contributed by atoms with Gasteiger partial charge in [-0.1, -0.05) is 24.3 Å². The zero-order valence-electron chi connectivity index (χ0n) is 22.3. The Morgan fingerprint density at radius 3 is 2.29 bits per heavy atom. The lowest BCUT2D eigenvalue weighted by molar-refractivity contribution is -0.150. The minimum absolute atomic E-state index is 0.150. The number of anilines is 1. The molecule has 0 spiro atoms. The lowest BCUT2D eigenvalue weighted by Gasteiger charge is -2.41. The van der Waals surface area contributed by atoms with Crippen molar-refractivity contribution in [3.63, 3.8) is 0 Å². The van der Waals surface area contributed by atoms with Gasteiger partial charge in [0, 0.05) is 24.7 Å². The topological polar surface area (TPSA) is 94.2 Å². The van der Waals surface area contributed by atoms with Gasteiger partial charge in [-0.3, -0.25) is 9.59 Å². The van der Waals surface area contributed by atoms with E-state index >= 15 is 0 Å². The number of nitrogens with one attached hydrogen (secondary N) is 1. The van der Waals surface area contributed by atoms with Crippen molar-refractivity contribution in [1.82, 2.24) is 4.90 Å². The van der Waals surface area contributed by atoms with Gasteiger partial charge in [-0.2, -0.15) is 0 Å². The van der Waals surface area contributed by atoms with Crippen molar-refractivity contribution in [3.05, 3.63) is 65.5 Å². The highest BCUT2D eigenvalue weighted by molar-refractivity contribution is 6.00. The summed E-state index contributed by atoms with van der Waals surface area (Å²) >= 11 is 0. The second-order valence-electron chi connectivity index (χ2n) is 10.8. The number of halogens is 1. The molecule has 0 bridgehead atoms. The third-order valence-corrected chi connectivity index (χ3v) is 6.98. The Morgan fingerprint density at radius 1 is 1.08 bits per heavy atom. The smallest absolute Gasteiger partial charge is 0.410 e. The van der Waals surface area contributed by atoms with E-state index in [1.165, 1.54) is 24.3 Å². The van der Waals surface area contributed by atoms with Crippen LogP contribution in [0.5, 0.6) is 0 Å². The van der Waals surface area contributed by atoms with Gasteiger partial charge in [0.2, 0.25) is 5.91 Å². The predicted octanol–water partition coefficient (Wildman–Crippen LogP) is 4.64. The molecule has 0 aliphatic carbocycles. The Kier molecular flexibility index (Phi) is 8.06. The first-order valence-electron chi connectivity index (χ1n) is 12.9. The molecule has 2 aliphatic rings. The van der Waals surface area contributed by atoms with Gasteiger partial charge in [0.05, 0.1) is 25.7 Å². The number of rotatable bonds is 6. The number of esters is 1. The summed E-state index contributed by atoms with van der Waals surface area (Å²) in [6.07, 6.45) is 0.126. The number of amides is 2. The van der Waals surface area contributed by atoms with Crippen molar-refractivity contribution in [2.75, 3.05) is 38.2 Å². The monoisotopic (exact) mass is 526 g/mol. The number of hydrogen-bond donors (Lipinski definition) is 1. The molecule has 4 rings (SSSR count). The molecule has 2 heterocycles. The molecule has 0 saturated carbocycles. The molecule has 2 saturated heterocycles. The zero-order chi connectivity index (χ0) is 27.5. The lowest BCUT2D eigenvalue weighted by Crippen LogP contribution is -2.55. The standard InChI is InChI=1S/C29H35FN2O6/c1-5-37-25(33)24-16-32(27(35)38-28(2,3)4)15-14-23(24)19-6-8-20(9-7-19)29(17-36-18-29)26(34)31-22-12-10-21(30)11-13-22/h6-13,23-24H,5,14-18H2,1-4H3,(H,31,34). The van der Waals surface area contributed by atoms with Crippen molar-refractivity contribution >= 4 is 23.7 Å². The highest BCUT2D eigenvalue weighted by atomic mass is 19.1. The van der Waals surface area contributed by atoms with E-state index in [1.807, 2.05) is 45.0 Å². The van der Waals surface area contributed by atoms with Gasteiger partial charge in [0.25, 0.3) is 0 Å². The van der Waals surface area contributed by atoms with E-state index in [0.717, 1.165) is 11.1 Å². The van der Waals surface area contributed by atoms with Crippen LogP contribution in [0.3, 0.4) is 0 Å². The first-order chi connectivity index (χ1) is 18.0. The molecule has 2 fully saturated rings. The molecule has 0 radical (unpaired) electrons. The maximum atomic E-state index is 13.3. The van der Waals surface area contributed by atoms with E-state index in [4.69, 9.17) is 14.2 Å². The van der Waals surface area contributed by atoms with Crippen LogP contribution >= 0.6 is 0 Å². The van der Waals surface area contributed by atoms with Crippen LogP contribution in [0, 0.1) is 11.7 Å². The summed E-state index contributed by atoms with van der Waals surface area (Å²) < 4.78 is 29.5. The summed E-state index contributed by atoms with van der Waals surface area (Å²) in [4.78, 5) is 40.4. The van der Waals surface area contributed by atoms with Crippen LogP contribution in [0.15, 0.2) is 48.5 Å². The average molecular weight is 527 g/mol. The van der Waals surface area contributed by atoms with Crippen LogP contribution in [0.2, 0.25) is 0 Å². The molecule has 2 amide bonds. The van der Waals surface area contributed by atoms with Crippen LogP contribution in [0.1, 0.15) is 51.2 Å². The zero-order valence-corrected chi connectivity index (χ0v) is 22.3. The SMILES string of the molecule is CCOC(=O)C1CN(C(=O)OC(C)(C)C)CCC1c1ccc(C2(C(=O)Nc3ccc(F)cc3)COC2)cc1. The maximum absolute atomic E-state index is 13.3. The fourth-order valence-corrected chi connectivity index (χ4v) is 4.90. The van der Waals surface area contributed by atoms with E-state index < -0.39 is 23.0 Å². The van der Waals surface area contributed by atoms with Crippen molar-refractivity contribution in [1.29, 1.82) is 0 Å². The number of carbonyl (C=O) groups is 3. The van der Waals surface area contributed by atoms with Crippen LogP contribution < -0.4 is 5.32 Å². The molecule has 38 heavy (non-hydrogen) atoms. The Hall–Kier alpha value is -3.46. The van der Waals surface area contributed by atoms with Gasteiger partial charge in [-0.05, 0) is 69.5 Å². The summed E-state index contributed by atoms with van der Waals surface area (Å²) in [6.45, 7) is 8.56. The molecule has 204 valence electrons. The predicted molar refractivity (Wildman–Crippen MR) is 139 cm³/mol. The van der Waals surface area contributed by atoms with Gasteiger partial charge >= 0.3 is 12.1 Å². The number of likely N-dealkylation sites (tertiary alicyclic amines) is 1. The van der Waals surface area contributed by atoms with Crippen molar-refractivity contribution < 1.29 is 33.0 Å². The average Bonchev–Trinajstić information content (AvgIpc) is 2.84. The first-order valence-corrected chi connectivity index (χ1v) is 12.9. The summed E-state index contributed by atoms with van der Waals surface area (Å²) in [7, 11) is 0. The van der Waals surface area contributed by atoms with E-state index in [2.05, 4.69) is 5.32 Å². The molecule has 2 aromatic rings. The fraction of sp³-hybridized carbons (Fsp3) is 0.483. The number of hydrogen-bond acceptors (Lipinski definition) is 6. The molecule has 1 N–H and O–H groups in total. The van der Waals surface area contributed by atoms with Crippen LogP contribution in [-0.2, 0) is 29.2 Å². The number of piperidine rings is 1.